The molecule has 1 saturated carbocycles. The van der Waals surface area contributed by atoms with Crippen LogP contribution >= 0.6 is 15.9 Å². The number of nitrogens with zero attached hydrogens (tertiary/aromatic N) is 3. The highest BCUT2D eigenvalue weighted by molar-refractivity contribution is 9.10. The maximum atomic E-state index is 11.8. The first-order chi connectivity index (χ1) is 10.4. The summed E-state index contributed by atoms with van der Waals surface area (Å²) in [6.45, 7) is 3.97. The molecule has 0 saturated heterocycles. The van der Waals surface area contributed by atoms with Crippen molar-refractivity contribution >= 4 is 33.2 Å². The molecule has 2 aromatic rings. The van der Waals surface area contributed by atoms with Gasteiger partial charge in [0.15, 0.2) is 5.82 Å². The normalized spacial score (nSPS) is 25.2. The Morgan fingerprint density at radius 3 is 2.91 bits per heavy atom. The summed E-state index contributed by atoms with van der Waals surface area (Å²) < 4.78 is 2.58. The number of halogens is 1. The molecule has 118 valence electrons. The monoisotopic (exact) mass is 366 g/mol. The van der Waals surface area contributed by atoms with E-state index >= 15 is 0 Å². The number of nitrogen functional groups attached to an aromatic ring is 1. The van der Waals surface area contributed by atoms with E-state index in [2.05, 4.69) is 25.9 Å². The second-order valence-electron chi connectivity index (χ2n) is 6.35. The molecular formula is C15H19BrN4O2. The summed E-state index contributed by atoms with van der Waals surface area (Å²) in [5.41, 5.74) is 6.00. The van der Waals surface area contributed by atoms with Gasteiger partial charge in [0.25, 0.3) is 0 Å². The van der Waals surface area contributed by atoms with Gasteiger partial charge in [-0.3, -0.25) is 9.20 Å². The minimum Gasteiger partial charge on any atom is -0.481 e. The van der Waals surface area contributed by atoms with Crippen molar-refractivity contribution in [3.8, 4) is 0 Å². The van der Waals surface area contributed by atoms with Crippen molar-refractivity contribution in [2.75, 3.05) is 5.73 Å². The number of fused-ring (bicyclic) bond motifs is 1. The Bertz CT molecular complexity index is 742. The maximum absolute atomic E-state index is 11.8. The Labute approximate surface area is 136 Å². The van der Waals surface area contributed by atoms with E-state index in [0.717, 1.165) is 17.8 Å². The molecule has 2 aromatic heterocycles. The van der Waals surface area contributed by atoms with Crippen molar-refractivity contribution in [1.82, 2.24) is 14.4 Å². The topological polar surface area (TPSA) is 93.5 Å². The average Bonchev–Trinajstić information content (AvgIpc) is 3.02. The van der Waals surface area contributed by atoms with Crippen LogP contribution in [-0.4, -0.2) is 25.4 Å². The number of aromatic nitrogens is 3. The van der Waals surface area contributed by atoms with Gasteiger partial charge in [-0.1, -0.05) is 13.8 Å². The first kappa shape index (κ1) is 15.3. The third kappa shape index (κ3) is 2.10. The highest BCUT2D eigenvalue weighted by Crippen LogP contribution is 2.51. The van der Waals surface area contributed by atoms with E-state index in [9.17, 15) is 9.90 Å². The molecule has 0 bridgehead atoms. The zero-order chi connectivity index (χ0) is 16.1. The number of carboxylic acid groups (broad SMARTS) is 1. The number of nitrogens with two attached hydrogens (primary N) is 1. The summed E-state index contributed by atoms with van der Waals surface area (Å²) >= 11 is 3.43. The van der Waals surface area contributed by atoms with E-state index in [4.69, 9.17) is 5.73 Å². The van der Waals surface area contributed by atoms with Gasteiger partial charge in [0.2, 0.25) is 0 Å². The van der Waals surface area contributed by atoms with Gasteiger partial charge in [0.05, 0.1) is 5.41 Å². The molecule has 6 nitrogen and oxygen atoms in total. The molecular weight excluding hydrogens is 348 g/mol. The molecule has 0 amide bonds. The van der Waals surface area contributed by atoms with E-state index in [1.54, 1.807) is 6.20 Å². The lowest BCUT2D eigenvalue weighted by molar-refractivity contribution is -0.151. The molecule has 1 aliphatic carbocycles. The number of hydrogen-bond acceptors (Lipinski definition) is 4. The number of rotatable bonds is 3. The number of aliphatic carboxylic acids is 1. The fourth-order valence-corrected chi connectivity index (χ4v) is 4.17. The Morgan fingerprint density at radius 2 is 2.32 bits per heavy atom. The average molecular weight is 367 g/mol. The van der Waals surface area contributed by atoms with Gasteiger partial charge >= 0.3 is 5.97 Å². The lowest BCUT2D eigenvalue weighted by Gasteiger charge is -2.28. The molecule has 2 unspecified atom stereocenters. The van der Waals surface area contributed by atoms with Gasteiger partial charge in [-0.25, -0.2) is 9.97 Å². The van der Waals surface area contributed by atoms with E-state index in [-0.39, 0.29) is 11.8 Å². The molecule has 3 N–H and O–H groups in total. The minimum absolute atomic E-state index is 0.0939. The summed E-state index contributed by atoms with van der Waals surface area (Å²) in [4.78, 5) is 20.5. The predicted octanol–water partition coefficient (Wildman–Crippen LogP) is 3.07. The summed E-state index contributed by atoms with van der Waals surface area (Å²) in [7, 11) is 0. The van der Waals surface area contributed by atoms with Crippen LogP contribution in [0.5, 0.6) is 0 Å². The molecule has 0 aliphatic heterocycles. The summed E-state index contributed by atoms with van der Waals surface area (Å²) in [5, 5.41) is 9.69. The highest BCUT2D eigenvalue weighted by atomic mass is 79.9. The van der Waals surface area contributed by atoms with E-state index < -0.39 is 11.4 Å². The Hall–Kier alpha value is -1.63. The van der Waals surface area contributed by atoms with Crippen LogP contribution in [0.4, 0.5) is 5.82 Å². The van der Waals surface area contributed by atoms with Gasteiger partial charge in [0.1, 0.15) is 15.9 Å². The predicted molar refractivity (Wildman–Crippen MR) is 86.6 cm³/mol. The molecule has 0 radical (unpaired) electrons. The summed E-state index contributed by atoms with van der Waals surface area (Å²) in [6, 6.07) is 0. The number of carbonyl (C=O) groups is 1. The minimum atomic E-state index is -0.703. The number of carboxylic acids is 1. The van der Waals surface area contributed by atoms with E-state index in [1.165, 1.54) is 0 Å². The molecule has 2 atom stereocenters. The second-order valence-corrected chi connectivity index (χ2v) is 7.10. The standard InChI is InChI=1S/C15H19BrN4O2/c1-8(2)15(14(21)22)4-3-9(7-15)13-19-11(16)10-12(17)18-5-6-20(10)13/h5-6,8-9H,3-4,7H2,1-2H3,(H2,17,18)(H,21,22). The lowest BCUT2D eigenvalue weighted by Crippen LogP contribution is -2.33. The molecule has 1 fully saturated rings. The van der Waals surface area contributed by atoms with E-state index in [0.29, 0.717) is 23.3 Å². The molecule has 3 rings (SSSR count). The quantitative estimate of drug-likeness (QED) is 0.870. The smallest absolute Gasteiger partial charge is 0.309 e. The van der Waals surface area contributed by atoms with Crippen LogP contribution in [0.1, 0.15) is 44.9 Å². The zero-order valence-corrected chi connectivity index (χ0v) is 14.2. The fourth-order valence-electron chi connectivity index (χ4n) is 3.59. The fraction of sp³-hybridized carbons (Fsp3) is 0.533. The van der Waals surface area contributed by atoms with Crippen molar-refractivity contribution in [3.05, 3.63) is 22.8 Å². The Morgan fingerprint density at radius 1 is 1.59 bits per heavy atom. The van der Waals surface area contributed by atoms with Crippen LogP contribution in [0, 0.1) is 11.3 Å². The van der Waals surface area contributed by atoms with Gasteiger partial charge in [0, 0.05) is 18.3 Å². The number of hydrogen-bond donors (Lipinski definition) is 2. The molecule has 0 aromatic carbocycles. The first-order valence-electron chi connectivity index (χ1n) is 7.38. The number of imidazole rings is 1. The highest BCUT2D eigenvalue weighted by Gasteiger charge is 2.49. The Balaban J connectivity index is 2.04. The second kappa shape index (κ2) is 5.22. The van der Waals surface area contributed by atoms with Gasteiger partial charge < -0.3 is 10.8 Å². The third-order valence-electron chi connectivity index (χ3n) is 5.01. The number of anilines is 1. The van der Waals surface area contributed by atoms with Gasteiger partial charge in [-0.15, -0.1) is 0 Å². The molecule has 0 spiro atoms. The first-order valence-corrected chi connectivity index (χ1v) is 8.17. The maximum Gasteiger partial charge on any atom is 0.309 e. The van der Waals surface area contributed by atoms with Crippen molar-refractivity contribution in [1.29, 1.82) is 0 Å². The third-order valence-corrected chi connectivity index (χ3v) is 5.57. The van der Waals surface area contributed by atoms with Crippen LogP contribution in [0.3, 0.4) is 0 Å². The van der Waals surface area contributed by atoms with Crippen LogP contribution in [0.25, 0.3) is 5.52 Å². The van der Waals surface area contributed by atoms with Crippen molar-refractivity contribution in [3.63, 3.8) is 0 Å². The van der Waals surface area contributed by atoms with Gasteiger partial charge in [-0.05, 0) is 41.1 Å². The van der Waals surface area contributed by atoms with Crippen LogP contribution in [-0.2, 0) is 4.79 Å². The zero-order valence-electron chi connectivity index (χ0n) is 12.6. The Kier molecular flexibility index (Phi) is 3.63. The summed E-state index contributed by atoms with van der Waals surface area (Å²) in [5.74, 6) is 0.779. The van der Waals surface area contributed by atoms with Gasteiger partial charge in [-0.2, -0.15) is 0 Å². The van der Waals surface area contributed by atoms with Crippen molar-refractivity contribution in [2.24, 2.45) is 11.3 Å². The molecule has 22 heavy (non-hydrogen) atoms. The molecule has 2 heterocycles. The molecule has 1 aliphatic rings. The lowest BCUT2D eigenvalue weighted by atomic mass is 9.75. The van der Waals surface area contributed by atoms with Crippen molar-refractivity contribution in [2.45, 2.75) is 39.0 Å². The van der Waals surface area contributed by atoms with Crippen LogP contribution in [0.2, 0.25) is 0 Å². The van der Waals surface area contributed by atoms with Crippen molar-refractivity contribution < 1.29 is 9.90 Å². The van der Waals surface area contributed by atoms with Crippen LogP contribution < -0.4 is 5.73 Å². The SMILES string of the molecule is CC(C)C1(C(=O)O)CCC(c2nc(Br)c3c(N)nccn23)C1. The van der Waals surface area contributed by atoms with Crippen LogP contribution in [0.15, 0.2) is 17.0 Å². The summed E-state index contributed by atoms with van der Waals surface area (Å²) in [6.07, 6.45) is 5.57. The van der Waals surface area contributed by atoms with E-state index in [1.807, 2.05) is 24.4 Å². The molecule has 7 heteroatoms. The largest absolute Gasteiger partial charge is 0.481 e.